The number of sulfonamides is 1. The molecule has 0 aliphatic carbocycles. The first-order chi connectivity index (χ1) is 10.8. The Morgan fingerprint density at radius 3 is 2.43 bits per heavy atom. The van der Waals surface area contributed by atoms with Crippen LogP contribution in [0.3, 0.4) is 0 Å². The van der Waals surface area contributed by atoms with Crippen LogP contribution >= 0.6 is 0 Å². The van der Waals surface area contributed by atoms with Crippen LogP contribution in [0.4, 0.5) is 4.39 Å². The molecule has 0 aliphatic heterocycles. The van der Waals surface area contributed by atoms with E-state index in [-0.39, 0.29) is 18.0 Å². The molecule has 0 fully saturated rings. The summed E-state index contributed by atoms with van der Waals surface area (Å²) in [6, 6.07) is 9.39. The van der Waals surface area contributed by atoms with Crippen molar-refractivity contribution in [1.82, 2.24) is 4.72 Å². The van der Waals surface area contributed by atoms with Crippen molar-refractivity contribution >= 4 is 10.0 Å². The van der Waals surface area contributed by atoms with Gasteiger partial charge in [-0.25, -0.2) is 17.5 Å². The van der Waals surface area contributed by atoms with Crippen LogP contribution in [0.5, 0.6) is 5.75 Å². The first kappa shape index (κ1) is 17.4. The zero-order valence-electron chi connectivity index (χ0n) is 13.4. The van der Waals surface area contributed by atoms with Gasteiger partial charge < -0.3 is 4.74 Å². The van der Waals surface area contributed by atoms with E-state index in [1.54, 1.807) is 6.92 Å². The fourth-order valence-corrected chi connectivity index (χ4v) is 3.53. The summed E-state index contributed by atoms with van der Waals surface area (Å²) in [5.74, 6) is 0.271. The molecule has 0 saturated heterocycles. The maximum Gasteiger partial charge on any atom is 0.240 e. The average molecular weight is 337 g/mol. The van der Waals surface area contributed by atoms with Crippen LogP contribution in [0, 0.1) is 26.6 Å². The van der Waals surface area contributed by atoms with Crippen molar-refractivity contribution in [3.63, 3.8) is 0 Å². The van der Waals surface area contributed by atoms with E-state index in [1.807, 2.05) is 32.0 Å². The maximum absolute atomic E-state index is 13.1. The molecule has 0 radical (unpaired) electrons. The lowest BCUT2D eigenvalue weighted by Gasteiger charge is -2.12. The Morgan fingerprint density at radius 1 is 1.04 bits per heavy atom. The summed E-state index contributed by atoms with van der Waals surface area (Å²) in [5.41, 5.74) is 2.51. The first-order valence-electron chi connectivity index (χ1n) is 7.25. The molecule has 2 aromatic carbocycles. The van der Waals surface area contributed by atoms with Crippen molar-refractivity contribution < 1.29 is 17.5 Å². The highest BCUT2D eigenvalue weighted by Crippen LogP contribution is 2.19. The van der Waals surface area contributed by atoms with E-state index in [4.69, 9.17) is 4.74 Å². The number of ether oxygens (including phenoxy) is 1. The van der Waals surface area contributed by atoms with Crippen LogP contribution in [0.1, 0.15) is 16.7 Å². The van der Waals surface area contributed by atoms with Crippen molar-refractivity contribution in [2.45, 2.75) is 25.7 Å². The van der Waals surface area contributed by atoms with Gasteiger partial charge in [-0.2, -0.15) is 0 Å². The molecule has 124 valence electrons. The zero-order chi connectivity index (χ0) is 17.0. The molecular weight excluding hydrogens is 317 g/mol. The SMILES string of the molecule is Cc1ccc(OCCNS(=O)(=O)c2ccc(F)cc2C)c(C)c1. The Hall–Kier alpha value is -1.92. The van der Waals surface area contributed by atoms with Gasteiger partial charge in [-0.15, -0.1) is 0 Å². The van der Waals surface area contributed by atoms with Crippen LogP contribution < -0.4 is 9.46 Å². The molecule has 0 unspecified atom stereocenters. The van der Waals surface area contributed by atoms with Crippen molar-refractivity contribution in [2.24, 2.45) is 0 Å². The summed E-state index contributed by atoms with van der Waals surface area (Å²) < 4.78 is 45.5. The Labute approximate surface area is 136 Å². The predicted molar refractivity (Wildman–Crippen MR) is 87.7 cm³/mol. The number of rotatable bonds is 6. The smallest absolute Gasteiger partial charge is 0.240 e. The summed E-state index contributed by atoms with van der Waals surface area (Å²) >= 11 is 0. The van der Waals surface area contributed by atoms with Gasteiger partial charge in [0.15, 0.2) is 0 Å². The fraction of sp³-hybridized carbons (Fsp3) is 0.294. The molecule has 0 aromatic heterocycles. The topological polar surface area (TPSA) is 55.4 Å². The van der Waals surface area contributed by atoms with Gasteiger partial charge in [-0.1, -0.05) is 17.7 Å². The van der Waals surface area contributed by atoms with Crippen LogP contribution in [0.2, 0.25) is 0 Å². The zero-order valence-corrected chi connectivity index (χ0v) is 14.2. The lowest BCUT2D eigenvalue weighted by Crippen LogP contribution is -2.28. The minimum atomic E-state index is -3.68. The van der Waals surface area contributed by atoms with Gasteiger partial charge in [-0.3, -0.25) is 0 Å². The molecule has 0 saturated carbocycles. The Kier molecular flexibility index (Phi) is 5.38. The van der Waals surface area contributed by atoms with E-state index >= 15 is 0 Å². The summed E-state index contributed by atoms with van der Waals surface area (Å²) in [4.78, 5) is 0.0745. The number of hydrogen-bond donors (Lipinski definition) is 1. The van der Waals surface area contributed by atoms with Gasteiger partial charge in [-0.05, 0) is 56.2 Å². The fourth-order valence-electron chi connectivity index (χ4n) is 2.29. The standard InChI is InChI=1S/C17H20FNO3S/c1-12-4-6-16(13(2)10-12)22-9-8-19-23(20,21)17-7-5-15(18)11-14(17)3/h4-7,10-11,19H,8-9H2,1-3H3. The van der Waals surface area contributed by atoms with Gasteiger partial charge >= 0.3 is 0 Å². The van der Waals surface area contributed by atoms with Crippen LogP contribution in [-0.4, -0.2) is 21.6 Å². The third-order valence-electron chi connectivity index (χ3n) is 3.41. The summed E-state index contributed by atoms with van der Waals surface area (Å²) in [5, 5.41) is 0. The summed E-state index contributed by atoms with van der Waals surface area (Å²) in [7, 11) is -3.68. The van der Waals surface area contributed by atoms with Crippen LogP contribution in [0.15, 0.2) is 41.3 Å². The van der Waals surface area contributed by atoms with Crippen molar-refractivity contribution in [2.75, 3.05) is 13.2 Å². The maximum atomic E-state index is 13.1. The molecule has 2 aromatic rings. The van der Waals surface area contributed by atoms with Crippen molar-refractivity contribution in [3.8, 4) is 5.75 Å². The van der Waals surface area contributed by atoms with E-state index in [1.165, 1.54) is 12.1 Å². The summed E-state index contributed by atoms with van der Waals surface area (Å²) in [6.07, 6.45) is 0. The second-order valence-corrected chi connectivity index (χ2v) is 7.16. The van der Waals surface area contributed by atoms with Gasteiger partial charge in [0.2, 0.25) is 10.0 Å². The van der Waals surface area contributed by atoms with E-state index in [0.717, 1.165) is 22.9 Å². The molecule has 1 N–H and O–H groups in total. The Balaban J connectivity index is 1.95. The molecule has 0 atom stereocenters. The van der Waals surface area contributed by atoms with Gasteiger partial charge in [0.1, 0.15) is 18.2 Å². The molecule has 0 bridgehead atoms. The number of nitrogens with one attached hydrogen (secondary N) is 1. The monoisotopic (exact) mass is 337 g/mol. The van der Waals surface area contributed by atoms with Gasteiger partial charge in [0, 0.05) is 6.54 Å². The number of aryl methyl sites for hydroxylation is 3. The van der Waals surface area contributed by atoms with Crippen molar-refractivity contribution in [1.29, 1.82) is 0 Å². The minimum Gasteiger partial charge on any atom is -0.492 e. The van der Waals surface area contributed by atoms with E-state index in [0.29, 0.717) is 5.56 Å². The first-order valence-corrected chi connectivity index (χ1v) is 8.74. The molecule has 4 nitrogen and oxygen atoms in total. The third-order valence-corrected chi connectivity index (χ3v) is 5.03. The number of halogens is 1. The Morgan fingerprint density at radius 2 is 1.78 bits per heavy atom. The van der Waals surface area contributed by atoms with Crippen LogP contribution in [-0.2, 0) is 10.0 Å². The van der Waals surface area contributed by atoms with Gasteiger partial charge in [0.05, 0.1) is 4.90 Å². The highest BCUT2D eigenvalue weighted by atomic mass is 32.2. The molecule has 0 aliphatic rings. The molecular formula is C17H20FNO3S. The van der Waals surface area contributed by atoms with E-state index in [2.05, 4.69) is 4.72 Å². The number of benzene rings is 2. The van der Waals surface area contributed by atoms with Gasteiger partial charge in [0.25, 0.3) is 0 Å². The largest absolute Gasteiger partial charge is 0.492 e. The highest BCUT2D eigenvalue weighted by molar-refractivity contribution is 7.89. The van der Waals surface area contributed by atoms with E-state index in [9.17, 15) is 12.8 Å². The minimum absolute atomic E-state index is 0.0745. The lowest BCUT2D eigenvalue weighted by molar-refractivity contribution is 0.320. The lowest BCUT2D eigenvalue weighted by atomic mass is 10.1. The molecule has 6 heteroatoms. The molecule has 0 spiro atoms. The van der Waals surface area contributed by atoms with Crippen molar-refractivity contribution in [3.05, 3.63) is 58.9 Å². The molecule has 2 rings (SSSR count). The Bertz CT molecular complexity index is 803. The second kappa shape index (κ2) is 7.10. The molecule has 23 heavy (non-hydrogen) atoms. The summed E-state index contributed by atoms with van der Waals surface area (Å²) in [6.45, 7) is 5.84. The number of hydrogen-bond acceptors (Lipinski definition) is 3. The molecule has 0 heterocycles. The normalized spacial score (nSPS) is 11.5. The van der Waals surface area contributed by atoms with Crippen LogP contribution in [0.25, 0.3) is 0 Å². The highest BCUT2D eigenvalue weighted by Gasteiger charge is 2.16. The third kappa shape index (κ3) is 4.53. The molecule has 0 amide bonds. The average Bonchev–Trinajstić information content (AvgIpc) is 2.45. The predicted octanol–water partition coefficient (Wildman–Crippen LogP) is 3.11. The quantitative estimate of drug-likeness (QED) is 0.824. The second-order valence-electron chi connectivity index (χ2n) is 5.43. The van der Waals surface area contributed by atoms with E-state index < -0.39 is 15.8 Å².